The van der Waals surface area contributed by atoms with E-state index in [9.17, 15) is 10.1 Å². The molecule has 0 aromatic carbocycles. The summed E-state index contributed by atoms with van der Waals surface area (Å²) < 4.78 is 0. The molecule has 0 bridgehead atoms. The lowest BCUT2D eigenvalue weighted by molar-refractivity contribution is -0.385. The molecule has 0 spiro atoms. The lowest BCUT2D eigenvalue weighted by Gasteiger charge is -2.12. The topological polar surface area (TPSA) is 83.1 Å². The Morgan fingerprint density at radius 1 is 1.71 bits per heavy atom. The summed E-state index contributed by atoms with van der Waals surface area (Å²) in [6.07, 6.45) is 1.17. The van der Waals surface area contributed by atoms with E-state index in [1.165, 1.54) is 18.3 Å². The van der Waals surface area contributed by atoms with E-state index in [1.54, 1.807) is 11.9 Å². The van der Waals surface area contributed by atoms with Gasteiger partial charge in [0.1, 0.15) is 18.6 Å². The van der Waals surface area contributed by atoms with E-state index in [1.807, 2.05) is 6.07 Å². The van der Waals surface area contributed by atoms with Crippen LogP contribution in [0.4, 0.5) is 11.5 Å². The molecule has 0 aliphatic carbocycles. The molecule has 14 heavy (non-hydrogen) atoms. The zero-order valence-corrected chi connectivity index (χ0v) is 7.54. The summed E-state index contributed by atoms with van der Waals surface area (Å²) >= 11 is 0. The van der Waals surface area contributed by atoms with E-state index >= 15 is 0 Å². The third-order valence-corrected chi connectivity index (χ3v) is 1.64. The number of anilines is 1. The minimum absolute atomic E-state index is 0.0564. The maximum absolute atomic E-state index is 10.3. The van der Waals surface area contributed by atoms with Crippen molar-refractivity contribution in [3.63, 3.8) is 0 Å². The SMILES string of the molecule is CN(CC#N)c1ccc([N+](=O)[O-])cn1. The predicted octanol–water partition coefficient (Wildman–Crippen LogP) is 0.950. The molecule has 0 aliphatic rings. The smallest absolute Gasteiger partial charge is 0.287 e. The number of rotatable bonds is 3. The first-order chi connectivity index (χ1) is 6.65. The average molecular weight is 192 g/mol. The van der Waals surface area contributed by atoms with Crippen LogP contribution in [0.2, 0.25) is 0 Å². The number of aromatic nitrogens is 1. The molecule has 1 rings (SSSR count). The van der Waals surface area contributed by atoms with E-state index in [0.29, 0.717) is 5.82 Å². The Morgan fingerprint density at radius 2 is 2.43 bits per heavy atom. The third-order valence-electron chi connectivity index (χ3n) is 1.64. The van der Waals surface area contributed by atoms with Gasteiger partial charge in [-0.2, -0.15) is 5.26 Å². The normalized spacial score (nSPS) is 9.14. The molecule has 0 aliphatic heterocycles. The van der Waals surface area contributed by atoms with Crippen molar-refractivity contribution in [2.75, 3.05) is 18.5 Å². The van der Waals surface area contributed by atoms with E-state index in [0.717, 1.165) is 0 Å². The molecular weight excluding hydrogens is 184 g/mol. The molecule has 0 unspecified atom stereocenters. The molecular formula is C8H8N4O2. The summed E-state index contributed by atoms with van der Waals surface area (Å²) in [6, 6.07) is 4.82. The van der Waals surface area contributed by atoms with Gasteiger partial charge in [0, 0.05) is 13.1 Å². The molecule has 6 heteroatoms. The Labute approximate surface area is 80.6 Å². The number of nitro groups is 1. The van der Waals surface area contributed by atoms with Crippen LogP contribution >= 0.6 is 0 Å². The first-order valence-corrected chi connectivity index (χ1v) is 3.83. The Bertz CT molecular complexity index is 368. The van der Waals surface area contributed by atoms with Crippen LogP contribution in [0.15, 0.2) is 18.3 Å². The number of nitriles is 1. The van der Waals surface area contributed by atoms with Gasteiger partial charge in [-0.05, 0) is 6.07 Å². The van der Waals surface area contributed by atoms with Crippen LogP contribution in [0.5, 0.6) is 0 Å². The van der Waals surface area contributed by atoms with Crippen LogP contribution in [-0.2, 0) is 0 Å². The Kier molecular flexibility index (Phi) is 2.97. The monoisotopic (exact) mass is 192 g/mol. The van der Waals surface area contributed by atoms with Gasteiger partial charge in [0.15, 0.2) is 0 Å². The van der Waals surface area contributed by atoms with Crippen molar-refractivity contribution >= 4 is 11.5 Å². The van der Waals surface area contributed by atoms with Crippen LogP contribution in [-0.4, -0.2) is 23.5 Å². The molecule has 0 amide bonds. The van der Waals surface area contributed by atoms with Crippen molar-refractivity contribution in [3.8, 4) is 6.07 Å². The van der Waals surface area contributed by atoms with Crippen LogP contribution in [0, 0.1) is 21.4 Å². The molecule has 0 saturated heterocycles. The first-order valence-electron chi connectivity index (χ1n) is 3.83. The molecule has 1 aromatic heterocycles. The average Bonchev–Trinajstić information content (AvgIpc) is 2.18. The molecule has 1 aromatic rings. The van der Waals surface area contributed by atoms with Gasteiger partial charge in [-0.1, -0.05) is 0 Å². The Hall–Kier alpha value is -2.16. The van der Waals surface area contributed by atoms with Gasteiger partial charge in [0.2, 0.25) is 0 Å². The lowest BCUT2D eigenvalue weighted by Crippen LogP contribution is -2.18. The van der Waals surface area contributed by atoms with Crippen molar-refractivity contribution in [1.29, 1.82) is 5.26 Å². The molecule has 72 valence electrons. The van der Waals surface area contributed by atoms with Crippen LogP contribution < -0.4 is 4.90 Å². The highest BCUT2D eigenvalue weighted by Gasteiger charge is 2.07. The number of hydrogen-bond donors (Lipinski definition) is 0. The predicted molar refractivity (Wildman–Crippen MR) is 49.8 cm³/mol. The summed E-state index contributed by atoms with van der Waals surface area (Å²) in [5, 5.41) is 18.7. The summed E-state index contributed by atoms with van der Waals surface area (Å²) in [5.74, 6) is 0.539. The second-order valence-electron chi connectivity index (χ2n) is 2.65. The Balaban J connectivity index is 2.84. The molecule has 0 N–H and O–H groups in total. The zero-order valence-electron chi connectivity index (χ0n) is 7.54. The van der Waals surface area contributed by atoms with Crippen molar-refractivity contribution in [2.24, 2.45) is 0 Å². The van der Waals surface area contributed by atoms with Crippen LogP contribution in [0.1, 0.15) is 0 Å². The highest BCUT2D eigenvalue weighted by molar-refractivity contribution is 5.42. The summed E-state index contributed by atoms with van der Waals surface area (Å²) in [6.45, 7) is 0.199. The highest BCUT2D eigenvalue weighted by atomic mass is 16.6. The molecule has 0 atom stereocenters. The third kappa shape index (κ3) is 2.17. The van der Waals surface area contributed by atoms with Crippen LogP contribution in [0.25, 0.3) is 0 Å². The Morgan fingerprint density at radius 3 is 2.86 bits per heavy atom. The minimum atomic E-state index is -0.513. The van der Waals surface area contributed by atoms with Gasteiger partial charge < -0.3 is 4.90 Å². The van der Waals surface area contributed by atoms with Crippen molar-refractivity contribution in [2.45, 2.75) is 0 Å². The summed E-state index contributed by atoms with van der Waals surface area (Å²) in [4.78, 5) is 15.2. The highest BCUT2D eigenvalue weighted by Crippen LogP contribution is 2.13. The molecule has 0 fully saturated rings. The fraction of sp³-hybridized carbons (Fsp3) is 0.250. The van der Waals surface area contributed by atoms with Gasteiger partial charge in [-0.15, -0.1) is 0 Å². The molecule has 0 radical (unpaired) electrons. The van der Waals surface area contributed by atoms with Gasteiger partial charge in [-0.25, -0.2) is 4.98 Å². The quantitative estimate of drug-likeness (QED) is 0.404. The second kappa shape index (κ2) is 4.18. The largest absolute Gasteiger partial charge is 0.346 e. The molecule has 1 heterocycles. The van der Waals surface area contributed by atoms with Crippen molar-refractivity contribution in [3.05, 3.63) is 28.4 Å². The van der Waals surface area contributed by atoms with E-state index in [-0.39, 0.29) is 12.2 Å². The number of hydrogen-bond acceptors (Lipinski definition) is 5. The van der Waals surface area contributed by atoms with Crippen molar-refractivity contribution < 1.29 is 4.92 Å². The van der Waals surface area contributed by atoms with Gasteiger partial charge >= 0.3 is 0 Å². The lowest BCUT2D eigenvalue weighted by atomic mass is 10.4. The van der Waals surface area contributed by atoms with Crippen LogP contribution in [0.3, 0.4) is 0 Å². The number of pyridine rings is 1. The number of nitrogens with zero attached hydrogens (tertiary/aromatic N) is 4. The van der Waals surface area contributed by atoms with E-state index in [2.05, 4.69) is 4.98 Å². The molecule has 0 saturated carbocycles. The van der Waals surface area contributed by atoms with Gasteiger partial charge in [0.05, 0.1) is 11.0 Å². The fourth-order valence-corrected chi connectivity index (χ4v) is 0.899. The second-order valence-corrected chi connectivity index (χ2v) is 2.65. The standard InChI is InChI=1S/C8H8N4O2/c1-11(5-4-9)8-3-2-7(6-10-8)12(13)14/h2-3,6H,5H2,1H3. The van der Waals surface area contributed by atoms with Crippen molar-refractivity contribution in [1.82, 2.24) is 4.98 Å². The van der Waals surface area contributed by atoms with E-state index in [4.69, 9.17) is 5.26 Å². The molecule has 6 nitrogen and oxygen atoms in total. The fourth-order valence-electron chi connectivity index (χ4n) is 0.899. The first kappa shape index (κ1) is 9.92. The zero-order chi connectivity index (χ0) is 10.6. The maximum atomic E-state index is 10.3. The maximum Gasteiger partial charge on any atom is 0.287 e. The summed E-state index contributed by atoms with van der Waals surface area (Å²) in [7, 11) is 1.69. The van der Waals surface area contributed by atoms with Gasteiger partial charge in [0.25, 0.3) is 5.69 Å². The van der Waals surface area contributed by atoms with Gasteiger partial charge in [-0.3, -0.25) is 10.1 Å². The minimum Gasteiger partial charge on any atom is -0.346 e. The summed E-state index contributed by atoms with van der Waals surface area (Å²) in [5.41, 5.74) is -0.0564. The van der Waals surface area contributed by atoms with E-state index < -0.39 is 4.92 Å².